The minimum absolute atomic E-state index is 0.00578. The fraction of sp³-hybridized carbons (Fsp3) is 0.385. The zero-order chi connectivity index (χ0) is 17.3. The van der Waals surface area contributed by atoms with Crippen molar-refractivity contribution in [3.63, 3.8) is 0 Å². The third-order valence-corrected chi connectivity index (χ3v) is 3.32. The molecule has 3 heterocycles. The minimum Gasteiger partial charge on any atom is -0.463 e. The number of nitrogens with zero attached hydrogens (tertiary/aromatic N) is 6. The first kappa shape index (κ1) is 16.0. The lowest BCUT2D eigenvalue weighted by Gasteiger charge is -2.14. The first-order valence-electron chi connectivity index (χ1n) is 6.89. The number of hydrogen-bond acceptors (Lipinski definition) is 9. The van der Waals surface area contributed by atoms with Gasteiger partial charge in [-0.1, -0.05) is 5.21 Å². The van der Waals surface area contributed by atoms with E-state index in [2.05, 4.69) is 15.4 Å². The van der Waals surface area contributed by atoms with Crippen LogP contribution >= 0.6 is 0 Å². The monoisotopic (exact) mass is 332 g/mol. The van der Waals surface area contributed by atoms with E-state index in [4.69, 9.17) is 14.7 Å². The maximum absolute atomic E-state index is 12.6. The highest BCUT2D eigenvalue weighted by Gasteiger charge is 2.31. The number of hydrogen-bond donors (Lipinski definition) is 1. The van der Waals surface area contributed by atoms with Gasteiger partial charge in [0.15, 0.2) is 23.0 Å². The molecule has 11 nitrogen and oxygen atoms in total. The summed E-state index contributed by atoms with van der Waals surface area (Å²) < 4.78 is 12.3. The van der Waals surface area contributed by atoms with Gasteiger partial charge < -0.3 is 14.6 Å². The standard InChI is InChI=1S/C13H12N6O5/c1-7(21)23-5-8-2-3-10(24-8)19-13(22)12-11(15-17-19)9(4-14)16-18(12)6-20/h2-3,8,10,20H,5-6H2,1H3. The van der Waals surface area contributed by atoms with Crippen LogP contribution in [0.2, 0.25) is 0 Å². The van der Waals surface area contributed by atoms with Crippen LogP contribution in [0.3, 0.4) is 0 Å². The summed E-state index contributed by atoms with van der Waals surface area (Å²) in [6.07, 6.45) is 1.85. The van der Waals surface area contributed by atoms with Crippen molar-refractivity contribution in [1.82, 2.24) is 24.8 Å². The number of nitriles is 1. The number of rotatable bonds is 4. The number of carbonyl (C=O) groups is 1. The van der Waals surface area contributed by atoms with Crippen molar-refractivity contribution in [2.75, 3.05) is 6.61 Å². The van der Waals surface area contributed by atoms with Gasteiger partial charge in [0, 0.05) is 19.8 Å². The van der Waals surface area contributed by atoms with Crippen molar-refractivity contribution in [2.45, 2.75) is 26.0 Å². The minimum atomic E-state index is -0.845. The normalized spacial score (nSPS) is 20.2. The van der Waals surface area contributed by atoms with Crippen LogP contribution < -0.4 is 5.56 Å². The smallest absolute Gasteiger partial charge is 0.302 e. The maximum atomic E-state index is 12.6. The number of fused-ring (bicyclic) bond motifs is 1. The molecule has 2 atom stereocenters. The predicted octanol–water partition coefficient (Wildman–Crippen LogP) is -1.32. The Kier molecular flexibility index (Phi) is 4.24. The molecular formula is C13H12N6O5. The first-order chi connectivity index (χ1) is 11.5. The highest BCUT2D eigenvalue weighted by molar-refractivity contribution is 5.78. The lowest BCUT2D eigenvalue weighted by atomic mass is 10.2. The molecule has 1 aliphatic rings. The fourth-order valence-corrected chi connectivity index (χ4v) is 2.27. The van der Waals surface area contributed by atoms with Crippen LogP contribution in [0.1, 0.15) is 18.8 Å². The summed E-state index contributed by atoms with van der Waals surface area (Å²) in [6, 6.07) is 1.79. The molecule has 1 aliphatic heterocycles. The molecule has 0 aliphatic carbocycles. The summed E-state index contributed by atoms with van der Waals surface area (Å²) in [5, 5.41) is 29.7. The van der Waals surface area contributed by atoms with Crippen LogP contribution in [-0.4, -0.2) is 48.6 Å². The van der Waals surface area contributed by atoms with E-state index in [9.17, 15) is 14.7 Å². The average molecular weight is 332 g/mol. The number of esters is 1. The van der Waals surface area contributed by atoms with Gasteiger partial charge in [0.2, 0.25) is 0 Å². The van der Waals surface area contributed by atoms with Crippen molar-refractivity contribution in [1.29, 1.82) is 5.26 Å². The van der Waals surface area contributed by atoms with E-state index in [1.165, 1.54) is 6.92 Å². The van der Waals surface area contributed by atoms with E-state index in [1.54, 1.807) is 18.9 Å². The lowest BCUT2D eigenvalue weighted by Crippen LogP contribution is -2.30. The average Bonchev–Trinajstić information content (AvgIpc) is 3.17. The molecule has 1 saturated heterocycles. The molecule has 0 saturated carbocycles. The molecule has 1 fully saturated rings. The summed E-state index contributed by atoms with van der Waals surface area (Å²) in [5.74, 6) is -0.440. The molecule has 24 heavy (non-hydrogen) atoms. The largest absolute Gasteiger partial charge is 0.463 e. The molecule has 0 bridgehead atoms. The Balaban J connectivity index is 1.92. The SMILES string of the molecule is CC(=O)OCC1[CH][CH]C(n2nnc3c(C#N)nn(CO)c3c2=O)O1. The third kappa shape index (κ3) is 2.72. The lowest BCUT2D eigenvalue weighted by molar-refractivity contribution is -0.145. The second-order valence-corrected chi connectivity index (χ2v) is 4.89. The predicted molar refractivity (Wildman–Crippen MR) is 75.7 cm³/mol. The zero-order valence-electron chi connectivity index (χ0n) is 12.5. The van der Waals surface area contributed by atoms with Crippen LogP contribution in [0.25, 0.3) is 11.0 Å². The van der Waals surface area contributed by atoms with Gasteiger partial charge in [-0.25, -0.2) is 4.68 Å². The van der Waals surface area contributed by atoms with Gasteiger partial charge in [-0.15, -0.1) is 5.10 Å². The van der Waals surface area contributed by atoms with E-state index in [0.717, 1.165) is 9.36 Å². The van der Waals surface area contributed by atoms with Gasteiger partial charge in [-0.2, -0.15) is 15.0 Å². The van der Waals surface area contributed by atoms with E-state index in [1.807, 2.05) is 0 Å². The third-order valence-electron chi connectivity index (χ3n) is 3.32. The highest BCUT2D eigenvalue weighted by atomic mass is 16.6. The molecule has 0 aromatic carbocycles. The second-order valence-electron chi connectivity index (χ2n) is 4.89. The van der Waals surface area contributed by atoms with Crippen LogP contribution in [0.5, 0.6) is 0 Å². The van der Waals surface area contributed by atoms with Crippen LogP contribution in [0, 0.1) is 24.2 Å². The molecule has 11 heteroatoms. The van der Waals surface area contributed by atoms with Gasteiger partial charge in [0.1, 0.15) is 19.4 Å². The van der Waals surface area contributed by atoms with E-state index in [0.29, 0.717) is 0 Å². The molecule has 1 N–H and O–H groups in total. The van der Waals surface area contributed by atoms with Crippen molar-refractivity contribution >= 4 is 17.0 Å². The maximum Gasteiger partial charge on any atom is 0.302 e. The van der Waals surface area contributed by atoms with Crippen LogP contribution in [0.4, 0.5) is 0 Å². The van der Waals surface area contributed by atoms with Gasteiger partial charge in [0.25, 0.3) is 5.56 Å². The number of aromatic nitrogens is 5. The molecule has 2 aromatic heterocycles. The fourth-order valence-electron chi connectivity index (χ4n) is 2.27. The van der Waals surface area contributed by atoms with E-state index in [-0.39, 0.29) is 23.3 Å². The summed E-state index contributed by atoms with van der Waals surface area (Å²) >= 11 is 0. The quantitative estimate of drug-likeness (QED) is 0.673. The summed E-state index contributed by atoms with van der Waals surface area (Å²) in [4.78, 5) is 23.4. The highest BCUT2D eigenvalue weighted by Crippen LogP contribution is 2.25. The van der Waals surface area contributed by atoms with E-state index < -0.39 is 30.6 Å². The molecular weight excluding hydrogens is 320 g/mol. The van der Waals surface area contributed by atoms with Crippen LogP contribution in [0.15, 0.2) is 4.79 Å². The van der Waals surface area contributed by atoms with Crippen molar-refractivity contribution < 1.29 is 19.4 Å². The number of aliphatic hydroxyl groups excluding tert-OH is 1. The molecule has 2 aromatic rings. The summed E-state index contributed by atoms with van der Waals surface area (Å²) in [7, 11) is 0. The van der Waals surface area contributed by atoms with E-state index >= 15 is 0 Å². The van der Waals surface area contributed by atoms with Crippen LogP contribution in [-0.2, 0) is 21.0 Å². The Labute approximate surface area is 135 Å². The molecule has 2 radical (unpaired) electrons. The van der Waals surface area contributed by atoms with Gasteiger partial charge in [0.05, 0.1) is 6.10 Å². The van der Waals surface area contributed by atoms with Crippen molar-refractivity contribution in [2.24, 2.45) is 0 Å². The number of carbonyl (C=O) groups excluding carboxylic acids is 1. The zero-order valence-corrected chi connectivity index (χ0v) is 12.5. The van der Waals surface area contributed by atoms with Gasteiger partial charge in [-0.05, 0) is 0 Å². The van der Waals surface area contributed by atoms with Gasteiger partial charge in [-0.3, -0.25) is 9.59 Å². The van der Waals surface area contributed by atoms with Crippen molar-refractivity contribution in [3.05, 3.63) is 28.9 Å². The van der Waals surface area contributed by atoms with Gasteiger partial charge >= 0.3 is 5.97 Å². The Morgan fingerprint density at radius 1 is 1.54 bits per heavy atom. The first-order valence-corrected chi connectivity index (χ1v) is 6.89. The molecule has 124 valence electrons. The number of aliphatic hydroxyl groups is 1. The molecule has 2 unspecified atom stereocenters. The Hall–Kier alpha value is -2.84. The molecule has 0 spiro atoms. The Morgan fingerprint density at radius 2 is 2.33 bits per heavy atom. The summed E-state index contributed by atoms with van der Waals surface area (Å²) in [5.41, 5.74) is -0.770. The number of ether oxygens (including phenoxy) is 2. The Morgan fingerprint density at radius 3 is 3.00 bits per heavy atom. The second kappa shape index (κ2) is 6.34. The Bertz CT molecular complexity index is 881. The topological polar surface area (TPSA) is 145 Å². The summed E-state index contributed by atoms with van der Waals surface area (Å²) in [6.45, 7) is 0.707. The molecule has 3 rings (SSSR count). The molecule has 0 amide bonds. The van der Waals surface area contributed by atoms with Crippen molar-refractivity contribution in [3.8, 4) is 6.07 Å².